The van der Waals surface area contributed by atoms with Gasteiger partial charge in [0.15, 0.2) is 0 Å². The van der Waals surface area contributed by atoms with Gasteiger partial charge in [0, 0.05) is 5.92 Å². The molecule has 116 valence electrons. The molecule has 0 aliphatic rings. The number of unbranched alkanes of at least 4 members (excludes halogenated alkanes) is 2. The predicted octanol–water partition coefficient (Wildman–Crippen LogP) is 4.75. The lowest BCUT2D eigenvalue weighted by molar-refractivity contribution is -0.128. The molecule has 21 heavy (non-hydrogen) atoms. The lowest BCUT2D eigenvalue weighted by atomic mass is 9.89. The van der Waals surface area contributed by atoms with Gasteiger partial charge in [-0.1, -0.05) is 56.5 Å². The summed E-state index contributed by atoms with van der Waals surface area (Å²) in [6.07, 6.45) is 7.42. The Balaban J connectivity index is 2.43. The zero-order valence-corrected chi connectivity index (χ0v) is 13.4. The quantitative estimate of drug-likeness (QED) is 0.435. The van der Waals surface area contributed by atoms with Crippen molar-refractivity contribution in [2.24, 2.45) is 5.92 Å². The number of benzene rings is 1. The Bertz CT molecular complexity index is 422. The van der Waals surface area contributed by atoms with Gasteiger partial charge in [-0.05, 0) is 38.2 Å². The van der Waals surface area contributed by atoms with E-state index >= 15 is 0 Å². The first-order chi connectivity index (χ1) is 10.1. The van der Waals surface area contributed by atoms with E-state index in [1.807, 2.05) is 6.07 Å². The molecule has 0 bridgehead atoms. The van der Waals surface area contributed by atoms with E-state index in [0.717, 1.165) is 38.5 Å². The van der Waals surface area contributed by atoms with Crippen LogP contribution in [0.2, 0.25) is 0 Å². The lowest BCUT2D eigenvalue weighted by Gasteiger charge is -2.15. The largest absolute Gasteiger partial charge is 0.300 e. The van der Waals surface area contributed by atoms with Crippen molar-refractivity contribution in [2.45, 2.75) is 65.2 Å². The highest BCUT2D eigenvalue weighted by atomic mass is 16.1. The number of rotatable bonds is 11. The maximum absolute atomic E-state index is 12.2. The summed E-state index contributed by atoms with van der Waals surface area (Å²) in [7, 11) is 0. The van der Waals surface area contributed by atoms with Crippen molar-refractivity contribution in [3.63, 3.8) is 0 Å². The van der Waals surface area contributed by atoms with Gasteiger partial charge in [-0.25, -0.2) is 0 Å². The highest BCUT2D eigenvalue weighted by molar-refractivity contribution is 5.98. The van der Waals surface area contributed by atoms with Gasteiger partial charge >= 0.3 is 0 Å². The second kappa shape index (κ2) is 10.3. The second-order valence-electron chi connectivity index (χ2n) is 5.92. The van der Waals surface area contributed by atoms with Gasteiger partial charge in [0.2, 0.25) is 0 Å². The summed E-state index contributed by atoms with van der Waals surface area (Å²) in [4.78, 5) is 23.3. The number of hydrogen-bond acceptors (Lipinski definition) is 2. The smallest absolute Gasteiger partial charge is 0.143 e. The fourth-order valence-corrected chi connectivity index (χ4v) is 2.69. The van der Waals surface area contributed by atoms with Crippen LogP contribution in [0.15, 0.2) is 30.3 Å². The van der Waals surface area contributed by atoms with Crippen molar-refractivity contribution in [1.29, 1.82) is 0 Å². The number of aryl methyl sites for hydroxylation is 1. The summed E-state index contributed by atoms with van der Waals surface area (Å²) < 4.78 is 0. The van der Waals surface area contributed by atoms with E-state index in [1.54, 1.807) is 0 Å². The van der Waals surface area contributed by atoms with Crippen LogP contribution in [-0.4, -0.2) is 11.6 Å². The summed E-state index contributed by atoms with van der Waals surface area (Å²) in [5.74, 6) is 0.208. The van der Waals surface area contributed by atoms with Crippen LogP contribution in [0.3, 0.4) is 0 Å². The monoisotopic (exact) mass is 288 g/mol. The molecule has 0 radical (unpaired) electrons. The molecular weight excluding hydrogens is 260 g/mol. The molecule has 0 aromatic heterocycles. The van der Waals surface area contributed by atoms with Crippen molar-refractivity contribution in [1.82, 2.24) is 0 Å². The third-order valence-electron chi connectivity index (χ3n) is 3.90. The fourth-order valence-electron chi connectivity index (χ4n) is 2.69. The van der Waals surface area contributed by atoms with Gasteiger partial charge in [0.05, 0.1) is 6.42 Å². The van der Waals surface area contributed by atoms with Gasteiger partial charge < -0.3 is 0 Å². The molecular formula is C19H28O2. The summed E-state index contributed by atoms with van der Waals surface area (Å²) in [5, 5.41) is 0. The van der Waals surface area contributed by atoms with Crippen LogP contribution in [0.4, 0.5) is 0 Å². The molecule has 0 heterocycles. The lowest BCUT2D eigenvalue weighted by Crippen LogP contribution is -2.17. The molecule has 0 saturated carbocycles. The average Bonchev–Trinajstić information content (AvgIpc) is 2.46. The number of carbonyl (C=O) groups excluding carboxylic acids is 2. The molecule has 2 heteroatoms. The normalized spacial score (nSPS) is 12.1. The Labute approximate surface area is 128 Å². The van der Waals surface area contributed by atoms with Gasteiger partial charge in [0.25, 0.3) is 0 Å². The van der Waals surface area contributed by atoms with E-state index in [-0.39, 0.29) is 23.9 Å². The second-order valence-corrected chi connectivity index (χ2v) is 5.92. The molecule has 1 unspecified atom stereocenters. The number of carbonyl (C=O) groups is 2. The van der Waals surface area contributed by atoms with E-state index < -0.39 is 0 Å². The van der Waals surface area contributed by atoms with Crippen molar-refractivity contribution >= 4 is 11.6 Å². The molecule has 0 amide bonds. The molecule has 0 saturated heterocycles. The van der Waals surface area contributed by atoms with E-state index in [1.165, 1.54) is 18.9 Å². The zero-order chi connectivity index (χ0) is 15.5. The van der Waals surface area contributed by atoms with Crippen molar-refractivity contribution in [2.75, 3.05) is 0 Å². The molecule has 1 aromatic rings. The van der Waals surface area contributed by atoms with E-state index in [2.05, 4.69) is 31.2 Å². The highest BCUT2D eigenvalue weighted by Gasteiger charge is 2.18. The first-order valence-corrected chi connectivity index (χ1v) is 8.19. The summed E-state index contributed by atoms with van der Waals surface area (Å²) in [6.45, 7) is 3.67. The average molecular weight is 288 g/mol. The third-order valence-corrected chi connectivity index (χ3v) is 3.90. The standard InChI is InChI=1S/C19H28O2/c1-3-4-6-13-18(19(21)15-16(2)20)14-9-12-17-10-7-5-8-11-17/h5,7-8,10-11,18H,3-4,6,9,12-15H2,1-2H3. The summed E-state index contributed by atoms with van der Waals surface area (Å²) >= 11 is 0. The number of Topliss-reactive ketones (excluding diaryl/α,β-unsaturated/α-hetero) is 2. The maximum atomic E-state index is 12.2. The minimum absolute atomic E-state index is 0.0106. The van der Waals surface area contributed by atoms with Gasteiger partial charge in [0.1, 0.15) is 11.6 Å². The summed E-state index contributed by atoms with van der Waals surface area (Å²) in [5.41, 5.74) is 1.32. The topological polar surface area (TPSA) is 34.1 Å². The van der Waals surface area contributed by atoms with Gasteiger partial charge in [-0.2, -0.15) is 0 Å². The maximum Gasteiger partial charge on any atom is 0.143 e. The molecule has 0 aliphatic heterocycles. The van der Waals surface area contributed by atoms with Gasteiger partial charge in [-0.15, -0.1) is 0 Å². The molecule has 0 spiro atoms. The van der Waals surface area contributed by atoms with Crippen LogP contribution in [0.5, 0.6) is 0 Å². The Hall–Kier alpha value is -1.44. The van der Waals surface area contributed by atoms with E-state index in [0.29, 0.717) is 0 Å². The van der Waals surface area contributed by atoms with Crippen LogP contribution in [-0.2, 0) is 16.0 Å². The molecule has 0 N–H and O–H groups in total. The number of ketones is 2. The molecule has 1 aromatic carbocycles. The van der Waals surface area contributed by atoms with Crippen LogP contribution >= 0.6 is 0 Å². The Morgan fingerprint density at radius 1 is 1.00 bits per heavy atom. The van der Waals surface area contributed by atoms with E-state index in [9.17, 15) is 9.59 Å². The van der Waals surface area contributed by atoms with Crippen LogP contribution in [0.25, 0.3) is 0 Å². The molecule has 0 fully saturated rings. The molecule has 0 aliphatic carbocycles. The minimum atomic E-state index is -0.0106. The first kappa shape index (κ1) is 17.6. The molecule has 1 atom stereocenters. The Morgan fingerprint density at radius 3 is 2.29 bits per heavy atom. The van der Waals surface area contributed by atoms with Crippen LogP contribution in [0.1, 0.15) is 64.4 Å². The number of hydrogen-bond donors (Lipinski definition) is 0. The Morgan fingerprint density at radius 2 is 1.67 bits per heavy atom. The van der Waals surface area contributed by atoms with Crippen LogP contribution < -0.4 is 0 Å². The molecule has 2 nitrogen and oxygen atoms in total. The fraction of sp³-hybridized carbons (Fsp3) is 0.579. The van der Waals surface area contributed by atoms with Crippen molar-refractivity contribution < 1.29 is 9.59 Å². The zero-order valence-electron chi connectivity index (χ0n) is 13.4. The molecule has 1 rings (SSSR count). The predicted molar refractivity (Wildman–Crippen MR) is 87.3 cm³/mol. The Kier molecular flexibility index (Phi) is 8.65. The van der Waals surface area contributed by atoms with Crippen LogP contribution in [0, 0.1) is 5.92 Å². The van der Waals surface area contributed by atoms with E-state index in [4.69, 9.17) is 0 Å². The van der Waals surface area contributed by atoms with Gasteiger partial charge in [-0.3, -0.25) is 9.59 Å². The SMILES string of the molecule is CCCCCC(CCCc1ccccc1)C(=O)CC(C)=O. The first-order valence-electron chi connectivity index (χ1n) is 8.19. The summed E-state index contributed by atoms with van der Waals surface area (Å²) in [6, 6.07) is 10.4. The highest BCUT2D eigenvalue weighted by Crippen LogP contribution is 2.20. The van der Waals surface area contributed by atoms with Crippen molar-refractivity contribution in [3.8, 4) is 0 Å². The third kappa shape index (κ3) is 7.79. The van der Waals surface area contributed by atoms with Crippen molar-refractivity contribution in [3.05, 3.63) is 35.9 Å². The minimum Gasteiger partial charge on any atom is -0.300 e.